The molecule has 4 rings (SSSR count). The smallest absolute Gasteiger partial charge is 0.312 e. The molecule has 1 aromatic rings. The molecule has 0 aromatic heterocycles. The lowest BCUT2D eigenvalue weighted by molar-refractivity contribution is -0.164. The van der Waals surface area contributed by atoms with Gasteiger partial charge in [0.2, 0.25) is 11.8 Å². The average Bonchev–Trinajstić information content (AvgIpc) is 3.44. The number of hydrogen-bond acceptors (Lipinski definition) is 6. The molecular weight excluding hydrogens is 520 g/mol. The van der Waals surface area contributed by atoms with E-state index in [-0.39, 0.29) is 37.5 Å². The van der Waals surface area contributed by atoms with E-state index in [9.17, 15) is 19.5 Å². The fourth-order valence-electron chi connectivity index (χ4n) is 7.31. The second-order valence-corrected chi connectivity index (χ2v) is 13.0. The number of fused-ring (bicyclic) bond motifs is 1. The molecule has 0 saturated carbocycles. The van der Waals surface area contributed by atoms with Crippen LogP contribution in [-0.2, 0) is 30.3 Å². The number of likely N-dealkylation sites (tertiary alicyclic amines) is 1. The first-order valence-corrected chi connectivity index (χ1v) is 14.7. The van der Waals surface area contributed by atoms with Crippen LogP contribution in [0.3, 0.4) is 0 Å². The summed E-state index contributed by atoms with van der Waals surface area (Å²) in [6.45, 7) is 17.5. The van der Waals surface area contributed by atoms with Crippen LogP contribution in [-0.4, -0.2) is 81.3 Å². The Morgan fingerprint density at radius 1 is 1.24 bits per heavy atom. The molecule has 3 unspecified atom stereocenters. The van der Waals surface area contributed by atoms with E-state index in [1.165, 1.54) is 4.90 Å². The van der Waals surface area contributed by atoms with Crippen molar-refractivity contribution >= 4 is 17.8 Å². The van der Waals surface area contributed by atoms with E-state index >= 15 is 0 Å². The zero-order chi connectivity index (χ0) is 30.2. The maximum absolute atomic E-state index is 14.7. The monoisotopic (exact) mass is 566 g/mol. The average molecular weight is 567 g/mol. The van der Waals surface area contributed by atoms with Gasteiger partial charge in [-0.2, -0.15) is 0 Å². The van der Waals surface area contributed by atoms with Crippen molar-refractivity contribution in [3.63, 3.8) is 0 Å². The fourth-order valence-corrected chi connectivity index (χ4v) is 7.31. The second-order valence-electron chi connectivity index (χ2n) is 13.0. The maximum atomic E-state index is 14.7. The summed E-state index contributed by atoms with van der Waals surface area (Å²) in [5.74, 6) is -2.93. The highest BCUT2D eigenvalue weighted by Crippen LogP contribution is 2.65. The third-order valence-electron chi connectivity index (χ3n) is 9.34. The standard InChI is InChI=1S/C33H46N2O6/c1-8-10-14-18-40-30(39)26-25-28(37)35(24(21-36)19-23-15-12-11-13-16-23)27(29(38)34(17-9-2)31(4,5)6)33(25)20-22(3)32(26,7)41-33/h8-9,11-13,15-16,22,24-27,36H,1-2,10,14,17-21H2,3-7H3/t22?,24-,25+,26-,27?,32+,33?/m1/s1. The Kier molecular flexibility index (Phi) is 8.86. The Morgan fingerprint density at radius 3 is 2.51 bits per heavy atom. The van der Waals surface area contributed by atoms with Gasteiger partial charge in [0.25, 0.3) is 0 Å². The van der Waals surface area contributed by atoms with Crippen molar-refractivity contribution in [3.8, 4) is 0 Å². The van der Waals surface area contributed by atoms with Crippen LogP contribution in [0, 0.1) is 17.8 Å². The predicted octanol–water partition coefficient (Wildman–Crippen LogP) is 3.92. The van der Waals surface area contributed by atoms with E-state index in [4.69, 9.17) is 9.47 Å². The van der Waals surface area contributed by atoms with E-state index in [0.717, 1.165) is 5.56 Å². The number of carbonyl (C=O) groups excluding carboxylic acids is 3. The van der Waals surface area contributed by atoms with Crippen molar-refractivity contribution in [2.24, 2.45) is 17.8 Å². The molecule has 8 heteroatoms. The van der Waals surface area contributed by atoms with Crippen LogP contribution in [0.2, 0.25) is 0 Å². The zero-order valence-corrected chi connectivity index (χ0v) is 25.2. The van der Waals surface area contributed by atoms with E-state index in [1.807, 2.05) is 65.0 Å². The van der Waals surface area contributed by atoms with Gasteiger partial charge in [0.1, 0.15) is 17.6 Å². The van der Waals surface area contributed by atoms with Gasteiger partial charge in [-0.25, -0.2) is 0 Å². The van der Waals surface area contributed by atoms with Crippen LogP contribution in [0.25, 0.3) is 0 Å². The summed E-state index contributed by atoms with van der Waals surface area (Å²) >= 11 is 0. The highest BCUT2D eigenvalue weighted by molar-refractivity contribution is 5.99. The molecule has 224 valence electrons. The molecule has 3 saturated heterocycles. The highest BCUT2D eigenvalue weighted by Gasteiger charge is 2.81. The maximum Gasteiger partial charge on any atom is 0.312 e. The van der Waals surface area contributed by atoms with Gasteiger partial charge in [0, 0.05) is 12.1 Å². The summed E-state index contributed by atoms with van der Waals surface area (Å²) in [5, 5.41) is 10.7. The lowest BCUT2D eigenvalue weighted by Gasteiger charge is -2.43. The highest BCUT2D eigenvalue weighted by atomic mass is 16.6. The summed E-state index contributed by atoms with van der Waals surface area (Å²) in [7, 11) is 0. The molecule has 8 nitrogen and oxygen atoms in total. The minimum Gasteiger partial charge on any atom is -0.465 e. The minimum atomic E-state index is -1.22. The number of hydrogen-bond donors (Lipinski definition) is 1. The molecule has 3 fully saturated rings. The Bertz CT molecular complexity index is 1160. The van der Waals surface area contributed by atoms with Crippen LogP contribution >= 0.6 is 0 Å². The number of aliphatic hydroxyl groups is 1. The molecule has 2 amide bonds. The molecule has 3 aliphatic rings. The zero-order valence-electron chi connectivity index (χ0n) is 25.2. The molecule has 0 radical (unpaired) electrons. The van der Waals surface area contributed by atoms with Crippen LogP contribution in [0.5, 0.6) is 0 Å². The number of amides is 2. The normalized spacial score (nSPS) is 31.1. The van der Waals surface area contributed by atoms with Gasteiger partial charge >= 0.3 is 5.97 Å². The number of rotatable bonds is 12. The third kappa shape index (κ3) is 5.25. The summed E-state index contributed by atoms with van der Waals surface area (Å²) in [5.41, 5.74) is -1.82. The van der Waals surface area contributed by atoms with Crippen LogP contribution in [0.4, 0.5) is 0 Å². The summed E-state index contributed by atoms with van der Waals surface area (Å²) < 4.78 is 12.5. The van der Waals surface area contributed by atoms with Crippen molar-refractivity contribution < 1.29 is 29.0 Å². The molecule has 2 bridgehead atoms. The number of nitrogens with zero attached hydrogens (tertiary/aromatic N) is 2. The predicted molar refractivity (Wildman–Crippen MR) is 157 cm³/mol. The van der Waals surface area contributed by atoms with E-state index in [1.54, 1.807) is 17.1 Å². The van der Waals surface area contributed by atoms with Gasteiger partial charge in [-0.1, -0.05) is 49.4 Å². The van der Waals surface area contributed by atoms with E-state index in [2.05, 4.69) is 13.2 Å². The first-order chi connectivity index (χ1) is 19.4. The van der Waals surface area contributed by atoms with Gasteiger partial charge in [-0.3, -0.25) is 14.4 Å². The quantitative estimate of drug-likeness (QED) is 0.234. The number of carbonyl (C=O) groups is 3. The first-order valence-electron chi connectivity index (χ1n) is 14.7. The van der Waals surface area contributed by atoms with E-state index < -0.39 is 46.6 Å². The lowest BCUT2D eigenvalue weighted by Crippen LogP contribution is -2.62. The van der Waals surface area contributed by atoms with Crippen LogP contribution < -0.4 is 0 Å². The SMILES string of the molecule is C=CCCCOC(=O)[C@H]1[C@H]2C(=O)N([C@@H](CO)Cc3ccccc3)C(C(=O)N(CC=C)C(C)(C)C)C23CC(C)[C@]1(C)O3. The second kappa shape index (κ2) is 11.7. The number of aliphatic hydroxyl groups excluding tert-OH is 1. The largest absolute Gasteiger partial charge is 0.465 e. The Balaban J connectivity index is 1.82. The van der Waals surface area contributed by atoms with Crippen molar-refractivity contribution in [2.75, 3.05) is 19.8 Å². The number of benzene rings is 1. The lowest BCUT2D eigenvalue weighted by atomic mass is 9.62. The van der Waals surface area contributed by atoms with Crippen molar-refractivity contribution in [1.82, 2.24) is 9.80 Å². The van der Waals surface area contributed by atoms with Crippen LogP contribution in [0.1, 0.15) is 59.4 Å². The Hall–Kier alpha value is -2.97. The van der Waals surface area contributed by atoms with Gasteiger partial charge in [0.05, 0.1) is 30.8 Å². The van der Waals surface area contributed by atoms with Gasteiger partial charge in [-0.05, 0) is 64.9 Å². The molecule has 3 heterocycles. The molecule has 7 atom stereocenters. The minimum absolute atomic E-state index is 0.100. The summed E-state index contributed by atoms with van der Waals surface area (Å²) in [4.78, 5) is 46.2. The first kappa shape index (κ1) is 31.0. The summed E-state index contributed by atoms with van der Waals surface area (Å²) in [6.07, 6.45) is 5.60. The van der Waals surface area contributed by atoms with Crippen molar-refractivity contribution in [1.29, 1.82) is 0 Å². The molecular formula is C33H46N2O6. The Labute approximate surface area is 244 Å². The molecule has 41 heavy (non-hydrogen) atoms. The van der Waals surface area contributed by atoms with Crippen molar-refractivity contribution in [3.05, 3.63) is 61.2 Å². The number of unbranched alkanes of at least 4 members (excludes halogenated alkanes) is 1. The van der Waals surface area contributed by atoms with Gasteiger partial charge < -0.3 is 24.4 Å². The number of allylic oxidation sites excluding steroid dienone is 1. The van der Waals surface area contributed by atoms with E-state index in [0.29, 0.717) is 25.7 Å². The summed E-state index contributed by atoms with van der Waals surface area (Å²) in [6, 6.07) is 7.90. The Morgan fingerprint density at radius 2 is 1.93 bits per heavy atom. The van der Waals surface area contributed by atoms with Gasteiger partial charge in [0.15, 0.2) is 0 Å². The number of ether oxygens (including phenoxy) is 2. The molecule has 0 aliphatic carbocycles. The fraction of sp³-hybridized carbons (Fsp3) is 0.606. The third-order valence-corrected chi connectivity index (χ3v) is 9.34. The molecule has 1 N–H and O–H groups in total. The number of esters is 1. The molecule has 3 aliphatic heterocycles. The van der Waals surface area contributed by atoms with Crippen molar-refractivity contribution in [2.45, 2.75) is 89.1 Å². The molecule has 1 aromatic carbocycles. The topological polar surface area (TPSA) is 96.4 Å². The van der Waals surface area contributed by atoms with Gasteiger partial charge in [-0.15, -0.1) is 13.2 Å². The molecule has 1 spiro atoms. The van der Waals surface area contributed by atoms with Crippen LogP contribution in [0.15, 0.2) is 55.6 Å².